The molecule has 0 saturated carbocycles. The summed E-state index contributed by atoms with van der Waals surface area (Å²) < 4.78 is 31.9. The monoisotopic (exact) mass is 306 g/mol. The summed E-state index contributed by atoms with van der Waals surface area (Å²) in [5, 5.41) is 0. The molecule has 98 valence electrons. The Morgan fingerprint density at radius 3 is 2.17 bits per heavy atom. The summed E-state index contributed by atoms with van der Waals surface area (Å²) in [6, 6.07) is -0.704. The molecule has 1 saturated heterocycles. The van der Waals surface area contributed by atoms with Crippen LogP contribution in [0.5, 0.6) is 0 Å². The number of amides is 3. The number of hydrogen-bond donors (Lipinski definition) is 0. The number of urea groups is 1. The van der Waals surface area contributed by atoms with E-state index in [4.69, 9.17) is 11.8 Å². The number of carbonyl (C=O) groups is 2. The average Bonchev–Trinajstić information content (AvgIpc) is 2.31. The first-order valence-electron chi connectivity index (χ1n) is 4.83. The van der Waals surface area contributed by atoms with E-state index in [2.05, 4.69) is 0 Å². The third-order valence-corrected chi connectivity index (χ3v) is 3.79. The Morgan fingerprint density at radius 2 is 1.83 bits per heavy atom. The van der Waals surface area contributed by atoms with Crippen LogP contribution in [-0.4, -0.2) is 52.1 Å². The molecule has 0 N–H and O–H groups in total. The van der Waals surface area contributed by atoms with Crippen LogP contribution in [-0.2, 0) is 14.9 Å². The predicted molar refractivity (Wildman–Crippen MR) is 58.1 cm³/mol. The summed E-state index contributed by atoms with van der Waals surface area (Å²) >= 11 is 5.65. The third kappa shape index (κ3) is 3.82. The second-order valence-corrected chi connectivity index (χ2v) is 6.06. The zero-order valence-corrected chi connectivity index (χ0v) is 13.9. The molecule has 0 aromatic heterocycles. The first kappa shape index (κ1) is 18.1. The minimum Gasteiger partial charge on any atom is -0.748 e. The van der Waals surface area contributed by atoms with Gasteiger partial charge in [0.1, 0.15) is 5.54 Å². The molecular weight excluding hydrogens is 295 g/mol. The minimum absolute atomic E-state index is 0. The molecule has 1 heterocycles. The Labute approximate surface area is 133 Å². The molecule has 0 bridgehead atoms. The van der Waals surface area contributed by atoms with E-state index >= 15 is 0 Å². The van der Waals surface area contributed by atoms with E-state index in [1.165, 1.54) is 13.8 Å². The normalized spacial score (nSPS) is 19.1. The first-order valence-corrected chi connectivity index (χ1v) is 6.74. The van der Waals surface area contributed by atoms with Gasteiger partial charge in [0, 0.05) is 24.1 Å². The maximum atomic E-state index is 11.8. The van der Waals surface area contributed by atoms with Gasteiger partial charge in [0.25, 0.3) is 5.91 Å². The third-order valence-electron chi connectivity index (χ3n) is 2.43. The van der Waals surface area contributed by atoms with Crippen molar-refractivity contribution in [1.29, 1.82) is 0 Å². The van der Waals surface area contributed by atoms with Crippen molar-refractivity contribution in [3.05, 3.63) is 0 Å². The fraction of sp³-hybridized carbons (Fsp3) is 0.750. The summed E-state index contributed by atoms with van der Waals surface area (Å²) in [4.78, 5) is 24.2. The number of carbonyl (C=O) groups excluding carboxylic acids is 2. The van der Waals surface area contributed by atoms with E-state index in [9.17, 15) is 22.6 Å². The van der Waals surface area contributed by atoms with Crippen molar-refractivity contribution in [1.82, 2.24) is 9.32 Å². The Hall–Kier alpha value is 0.140. The molecule has 0 aliphatic carbocycles. The Bertz CT molecular complexity index is 452. The number of halogens is 1. The molecule has 10 heteroatoms. The van der Waals surface area contributed by atoms with Gasteiger partial charge in [0.2, 0.25) is 0 Å². The molecular formula is C8H12ClN2NaO5S. The molecule has 3 amide bonds. The van der Waals surface area contributed by atoms with Crippen LogP contribution < -0.4 is 29.6 Å². The molecule has 0 aromatic carbocycles. The largest absolute Gasteiger partial charge is 1.00 e. The Kier molecular flexibility index (Phi) is 6.11. The van der Waals surface area contributed by atoms with Crippen LogP contribution in [0.1, 0.15) is 20.3 Å². The van der Waals surface area contributed by atoms with E-state index in [-0.39, 0.29) is 42.5 Å². The molecule has 1 aliphatic rings. The van der Waals surface area contributed by atoms with Gasteiger partial charge in [0.05, 0.1) is 10.1 Å². The molecule has 1 fully saturated rings. The van der Waals surface area contributed by atoms with E-state index in [1.54, 1.807) is 0 Å². The summed E-state index contributed by atoms with van der Waals surface area (Å²) in [6.45, 7) is 2.82. The van der Waals surface area contributed by atoms with Crippen LogP contribution in [0.15, 0.2) is 0 Å². The van der Waals surface area contributed by atoms with Gasteiger partial charge in [-0.25, -0.2) is 17.6 Å². The standard InChI is InChI=1S/C8H13ClN2O5S.Na/c1-8(2)6(12)10(7(13)11(8)9)4-3-5-17(14,15)16;/h3-5H2,1-2H3,(H,14,15,16);/q;+1/p-1. The summed E-state index contributed by atoms with van der Waals surface area (Å²) in [5.41, 5.74) is -1.16. The quantitative estimate of drug-likeness (QED) is 0.240. The van der Waals surface area contributed by atoms with Gasteiger partial charge in [-0.1, -0.05) is 0 Å². The predicted octanol–water partition coefficient (Wildman–Crippen LogP) is -2.88. The van der Waals surface area contributed by atoms with Crippen molar-refractivity contribution >= 4 is 33.8 Å². The van der Waals surface area contributed by atoms with Gasteiger partial charge >= 0.3 is 35.6 Å². The molecule has 0 atom stereocenters. The molecule has 18 heavy (non-hydrogen) atoms. The van der Waals surface area contributed by atoms with Gasteiger partial charge in [0.15, 0.2) is 0 Å². The number of nitrogens with zero attached hydrogens (tertiary/aromatic N) is 2. The minimum atomic E-state index is -4.34. The summed E-state index contributed by atoms with van der Waals surface area (Å²) in [5.74, 6) is -1.13. The van der Waals surface area contributed by atoms with Crippen LogP contribution in [0, 0.1) is 0 Å². The maximum absolute atomic E-state index is 11.8. The number of hydrogen-bond acceptors (Lipinski definition) is 5. The van der Waals surface area contributed by atoms with Crippen molar-refractivity contribution in [3.8, 4) is 0 Å². The Morgan fingerprint density at radius 1 is 1.33 bits per heavy atom. The molecule has 1 aliphatic heterocycles. The van der Waals surface area contributed by atoms with Gasteiger partial charge in [-0.3, -0.25) is 9.69 Å². The van der Waals surface area contributed by atoms with Crippen molar-refractivity contribution in [3.63, 3.8) is 0 Å². The van der Waals surface area contributed by atoms with Gasteiger partial charge in [-0.2, -0.15) is 0 Å². The van der Waals surface area contributed by atoms with Crippen molar-refractivity contribution < 1.29 is 52.1 Å². The van der Waals surface area contributed by atoms with Crippen LogP contribution in [0.4, 0.5) is 4.79 Å². The fourth-order valence-corrected chi connectivity index (χ4v) is 2.09. The van der Waals surface area contributed by atoms with Crippen LogP contribution in [0.2, 0.25) is 0 Å². The van der Waals surface area contributed by atoms with E-state index in [0.717, 1.165) is 9.32 Å². The van der Waals surface area contributed by atoms with Crippen LogP contribution in [0.3, 0.4) is 0 Å². The van der Waals surface area contributed by atoms with E-state index in [0.29, 0.717) is 0 Å². The number of rotatable bonds is 4. The maximum Gasteiger partial charge on any atom is 1.00 e. The van der Waals surface area contributed by atoms with Crippen molar-refractivity contribution in [2.75, 3.05) is 12.3 Å². The van der Waals surface area contributed by atoms with Crippen molar-refractivity contribution in [2.24, 2.45) is 0 Å². The van der Waals surface area contributed by atoms with Crippen LogP contribution >= 0.6 is 11.8 Å². The van der Waals surface area contributed by atoms with E-state index in [1.807, 2.05) is 0 Å². The summed E-state index contributed by atoms with van der Waals surface area (Å²) in [6.07, 6.45) is -0.0931. The average molecular weight is 307 g/mol. The van der Waals surface area contributed by atoms with Crippen molar-refractivity contribution in [2.45, 2.75) is 25.8 Å². The molecule has 7 nitrogen and oxygen atoms in total. The zero-order valence-electron chi connectivity index (χ0n) is 10.3. The van der Waals surface area contributed by atoms with Gasteiger partial charge in [-0.05, 0) is 20.3 Å². The second-order valence-electron chi connectivity index (χ2n) is 4.19. The zero-order chi connectivity index (χ0) is 13.4. The van der Waals surface area contributed by atoms with Gasteiger partial charge < -0.3 is 4.55 Å². The first-order chi connectivity index (χ1) is 7.57. The van der Waals surface area contributed by atoms with Crippen LogP contribution in [0.25, 0.3) is 0 Å². The smallest absolute Gasteiger partial charge is 0.748 e. The number of imide groups is 1. The summed E-state index contributed by atoms with van der Waals surface area (Å²) in [7, 11) is -4.34. The fourth-order valence-electron chi connectivity index (χ4n) is 1.44. The molecule has 1 rings (SSSR count). The molecule has 0 spiro atoms. The second kappa shape index (κ2) is 6.06. The van der Waals surface area contributed by atoms with Gasteiger partial charge in [-0.15, -0.1) is 0 Å². The topological polar surface area (TPSA) is 97.8 Å². The van der Waals surface area contributed by atoms with E-state index < -0.39 is 33.3 Å². The molecule has 0 radical (unpaired) electrons. The SMILES string of the molecule is CC1(C)C(=O)N(CCCS(=O)(=O)[O-])C(=O)N1Cl.[Na+]. The molecule has 0 unspecified atom stereocenters. The Balaban J connectivity index is 0.00000289. The molecule has 0 aromatic rings.